The average Bonchev–Trinajstić information content (AvgIpc) is 2.44. The normalized spacial score (nSPS) is 10.7. The molecule has 1 aromatic heterocycles. The van der Waals surface area contributed by atoms with Crippen molar-refractivity contribution in [3.05, 3.63) is 58.7 Å². The maximum atomic E-state index is 10.0. The topological polar surface area (TPSA) is 42.4 Å². The lowest BCUT2D eigenvalue weighted by Crippen LogP contribution is -1.91. The number of phenols is 1. The third-order valence-electron chi connectivity index (χ3n) is 3.04. The standard InChI is InChI=1S/C16H12BrNO2/c1-10-13(17)6-7-16(18-10)20-15-9-12-5-3-2-4-11(12)8-14(15)19/h2-9,19H,1H3. The number of hydrogen-bond acceptors (Lipinski definition) is 3. The van der Waals surface area contributed by atoms with E-state index in [2.05, 4.69) is 20.9 Å². The first-order valence-corrected chi connectivity index (χ1v) is 6.95. The van der Waals surface area contributed by atoms with Crippen LogP contribution in [-0.4, -0.2) is 10.1 Å². The minimum absolute atomic E-state index is 0.103. The van der Waals surface area contributed by atoms with E-state index in [1.54, 1.807) is 12.1 Å². The lowest BCUT2D eigenvalue weighted by Gasteiger charge is -2.09. The number of nitrogens with zero attached hydrogens (tertiary/aromatic N) is 1. The van der Waals surface area contributed by atoms with E-state index in [-0.39, 0.29) is 5.75 Å². The van der Waals surface area contributed by atoms with Gasteiger partial charge in [0.05, 0.1) is 5.69 Å². The Hall–Kier alpha value is -2.07. The number of fused-ring (bicyclic) bond motifs is 1. The Morgan fingerprint density at radius 3 is 2.45 bits per heavy atom. The summed E-state index contributed by atoms with van der Waals surface area (Å²) in [5, 5.41) is 12.0. The third-order valence-corrected chi connectivity index (χ3v) is 3.88. The molecule has 100 valence electrons. The Morgan fingerprint density at radius 1 is 1.05 bits per heavy atom. The zero-order chi connectivity index (χ0) is 14.1. The molecule has 0 aliphatic heterocycles. The van der Waals surface area contributed by atoms with Crippen molar-refractivity contribution in [1.29, 1.82) is 0 Å². The van der Waals surface area contributed by atoms with Crippen molar-refractivity contribution in [2.45, 2.75) is 6.92 Å². The molecule has 0 fully saturated rings. The molecule has 3 aromatic rings. The first kappa shape index (κ1) is 12.9. The fourth-order valence-electron chi connectivity index (χ4n) is 1.98. The number of benzene rings is 2. The summed E-state index contributed by atoms with van der Waals surface area (Å²) >= 11 is 3.39. The molecule has 20 heavy (non-hydrogen) atoms. The molecule has 0 unspecified atom stereocenters. The molecule has 0 saturated heterocycles. The van der Waals surface area contributed by atoms with Gasteiger partial charge < -0.3 is 9.84 Å². The molecule has 3 rings (SSSR count). The van der Waals surface area contributed by atoms with E-state index in [0.29, 0.717) is 11.6 Å². The van der Waals surface area contributed by atoms with E-state index in [0.717, 1.165) is 20.9 Å². The lowest BCUT2D eigenvalue weighted by molar-refractivity contribution is 0.403. The van der Waals surface area contributed by atoms with Crippen LogP contribution in [0.4, 0.5) is 0 Å². The zero-order valence-electron chi connectivity index (χ0n) is 10.8. The molecule has 0 spiro atoms. The fraction of sp³-hybridized carbons (Fsp3) is 0.0625. The molecule has 0 aliphatic rings. The highest BCUT2D eigenvalue weighted by atomic mass is 79.9. The van der Waals surface area contributed by atoms with Gasteiger partial charge >= 0.3 is 0 Å². The lowest BCUT2D eigenvalue weighted by atomic mass is 10.1. The highest BCUT2D eigenvalue weighted by Gasteiger charge is 2.08. The largest absolute Gasteiger partial charge is 0.504 e. The predicted octanol–water partition coefficient (Wildman–Crippen LogP) is 4.80. The van der Waals surface area contributed by atoms with Crippen molar-refractivity contribution in [3.63, 3.8) is 0 Å². The molecule has 0 aliphatic carbocycles. The first-order chi connectivity index (χ1) is 9.63. The van der Waals surface area contributed by atoms with Crippen molar-refractivity contribution in [2.24, 2.45) is 0 Å². The number of hydrogen-bond donors (Lipinski definition) is 1. The summed E-state index contributed by atoms with van der Waals surface area (Å²) < 4.78 is 6.59. The van der Waals surface area contributed by atoms with E-state index < -0.39 is 0 Å². The summed E-state index contributed by atoms with van der Waals surface area (Å²) in [5.74, 6) is 0.959. The van der Waals surface area contributed by atoms with Crippen LogP contribution in [0.3, 0.4) is 0 Å². The van der Waals surface area contributed by atoms with E-state index in [1.807, 2.05) is 43.3 Å². The molecule has 4 heteroatoms. The van der Waals surface area contributed by atoms with Gasteiger partial charge in [-0.1, -0.05) is 24.3 Å². The third kappa shape index (κ3) is 2.47. The Balaban J connectivity index is 2.01. The van der Waals surface area contributed by atoms with Crippen LogP contribution in [0.1, 0.15) is 5.69 Å². The first-order valence-electron chi connectivity index (χ1n) is 6.16. The number of rotatable bonds is 2. The van der Waals surface area contributed by atoms with Crippen molar-refractivity contribution >= 4 is 26.7 Å². The van der Waals surface area contributed by atoms with Crippen LogP contribution in [-0.2, 0) is 0 Å². The number of aromatic nitrogens is 1. The van der Waals surface area contributed by atoms with E-state index >= 15 is 0 Å². The van der Waals surface area contributed by atoms with Crippen LogP contribution in [0.2, 0.25) is 0 Å². The molecule has 0 saturated carbocycles. The van der Waals surface area contributed by atoms with Crippen molar-refractivity contribution < 1.29 is 9.84 Å². The van der Waals surface area contributed by atoms with E-state index in [4.69, 9.17) is 4.74 Å². The molecule has 3 nitrogen and oxygen atoms in total. The Bertz CT molecular complexity index is 787. The van der Waals surface area contributed by atoms with Gasteiger partial charge in [0.1, 0.15) is 0 Å². The fourth-order valence-corrected chi connectivity index (χ4v) is 2.20. The van der Waals surface area contributed by atoms with Gasteiger partial charge in [0.2, 0.25) is 5.88 Å². The minimum Gasteiger partial charge on any atom is -0.504 e. The van der Waals surface area contributed by atoms with Gasteiger partial charge in [-0.05, 0) is 51.8 Å². The number of aromatic hydroxyl groups is 1. The van der Waals surface area contributed by atoms with E-state index in [9.17, 15) is 5.11 Å². The number of pyridine rings is 1. The quantitative estimate of drug-likeness (QED) is 0.734. The Labute approximate surface area is 125 Å². The molecule has 2 aromatic carbocycles. The molecule has 0 radical (unpaired) electrons. The van der Waals surface area contributed by atoms with Crippen LogP contribution in [0.15, 0.2) is 53.0 Å². The molecule has 0 amide bonds. The number of phenolic OH excluding ortho intramolecular Hbond substituents is 1. The van der Waals surface area contributed by atoms with Crippen molar-refractivity contribution in [2.75, 3.05) is 0 Å². The summed E-state index contributed by atoms with van der Waals surface area (Å²) in [4.78, 5) is 4.31. The molecule has 1 heterocycles. The second-order valence-corrected chi connectivity index (χ2v) is 5.34. The van der Waals surface area contributed by atoms with Gasteiger partial charge in [0, 0.05) is 10.5 Å². The summed E-state index contributed by atoms with van der Waals surface area (Å²) in [6, 6.07) is 14.9. The minimum atomic E-state index is 0.103. The molecular formula is C16H12BrNO2. The van der Waals surface area contributed by atoms with Crippen molar-refractivity contribution in [3.8, 4) is 17.4 Å². The monoisotopic (exact) mass is 329 g/mol. The summed E-state index contributed by atoms with van der Waals surface area (Å²) in [5.41, 5.74) is 0.836. The van der Waals surface area contributed by atoms with Crippen LogP contribution in [0.25, 0.3) is 10.8 Å². The number of halogens is 1. The van der Waals surface area contributed by atoms with Crippen LogP contribution in [0, 0.1) is 6.92 Å². The zero-order valence-corrected chi connectivity index (χ0v) is 12.4. The highest BCUT2D eigenvalue weighted by Crippen LogP contribution is 2.34. The summed E-state index contributed by atoms with van der Waals surface area (Å²) in [6.45, 7) is 1.89. The van der Waals surface area contributed by atoms with Gasteiger partial charge in [0.25, 0.3) is 0 Å². The molecule has 0 atom stereocenters. The SMILES string of the molecule is Cc1nc(Oc2cc3ccccc3cc2O)ccc1Br. The average molecular weight is 330 g/mol. The smallest absolute Gasteiger partial charge is 0.219 e. The van der Waals surface area contributed by atoms with E-state index in [1.165, 1.54) is 0 Å². The maximum Gasteiger partial charge on any atom is 0.219 e. The molecular weight excluding hydrogens is 318 g/mol. The predicted molar refractivity (Wildman–Crippen MR) is 82.4 cm³/mol. The van der Waals surface area contributed by atoms with Crippen LogP contribution in [0.5, 0.6) is 17.4 Å². The summed E-state index contributed by atoms with van der Waals surface area (Å²) in [7, 11) is 0. The molecule has 0 bridgehead atoms. The van der Waals surface area contributed by atoms with Gasteiger partial charge in [0.15, 0.2) is 11.5 Å². The Kier molecular flexibility index (Phi) is 3.32. The second-order valence-electron chi connectivity index (χ2n) is 4.49. The van der Waals surface area contributed by atoms with Crippen LogP contribution < -0.4 is 4.74 Å². The second kappa shape index (κ2) is 5.13. The maximum absolute atomic E-state index is 10.0. The van der Waals surface area contributed by atoms with Crippen molar-refractivity contribution in [1.82, 2.24) is 4.98 Å². The van der Waals surface area contributed by atoms with Gasteiger partial charge in [-0.3, -0.25) is 0 Å². The number of aryl methyl sites for hydroxylation is 1. The van der Waals surface area contributed by atoms with Gasteiger partial charge in [-0.15, -0.1) is 0 Å². The summed E-state index contributed by atoms with van der Waals surface area (Å²) in [6.07, 6.45) is 0. The number of ether oxygens (including phenoxy) is 1. The van der Waals surface area contributed by atoms with Gasteiger partial charge in [-0.2, -0.15) is 0 Å². The van der Waals surface area contributed by atoms with Crippen LogP contribution >= 0.6 is 15.9 Å². The Morgan fingerprint density at radius 2 is 1.75 bits per heavy atom. The highest BCUT2D eigenvalue weighted by molar-refractivity contribution is 9.10. The molecule has 1 N–H and O–H groups in total. The van der Waals surface area contributed by atoms with Gasteiger partial charge in [-0.25, -0.2) is 4.98 Å².